The lowest BCUT2D eigenvalue weighted by Crippen LogP contribution is -2.46. The Morgan fingerprint density at radius 3 is 2.93 bits per heavy atom. The number of guanidine groups is 1. The molecule has 1 atom stereocenters. The summed E-state index contributed by atoms with van der Waals surface area (Å²) >= 11 is 0. The first-order chi connectivity index (χ1) is 12.8. The van der Waals surface area contributed by atoms with Crippen LogP contribution in [-0.2, 0) is 19.3 Å². The summed E-state index contributed by atoms with van der Waals surface area (Å²) in [7, 11) is 1.84. The molecule has 1 aliphatic carbocycles. The van der Waals surface area contributed by atoms with Gasteiger partial charge >= 0.3 is 0 Å². The Balaban J connectivity index is 0.00000210. The molecule has 5 nitrogen and oxygen atoms in total. The van der Waals surface area contributed by atoms with Gasteiger partial charge in [0.15, 0.2) is 5.96 Å². The van der Waals surface area contributed by atoms with Gasteiger partial charge in [0, 0.05) is 37.4 Å². The molecule has 2 heterocycles. The number of rotatable bonds is 4. The molecule has 3 aromatic rings. The number of hydrogen-bond donors (Lipinski definition) is 3. The summed E-state index contributed by atoms with van der Waals surface area (Å²) < 4.78 is 0. The van der Waals surface area contributed by atoms with E-state index in [0.29, 0.717) is 6.04 Å². The Kier molecular flexibility index (Phi) is 6.71. The second kappa shape index (κ2) is 9.21. The largest absolute Gasteiger partial charge is 0.356 e. The highest BCUT2D eigenvalue weighted by Crippen LogP contribution is 2.21. The summed E-state index contributed by atoms with van der Waals surface area (Å²) in [4.78, 5) is 12.0. The van der Waals surface area contributed by atoms with Crippen molar-refractivity contribution >= 4 is 41.0 Å². The van der Waals surface area contributed by atoms with Gasteiger partial charge in [-0.1, -0.05) is 24.3 Å². The Morgan fingerprint density at radius 2 is 2.07 bits per heavy atom. The van der Waals surface area contributed by atoms with Crippen LogP contribution in [0.15, 0.2) is 53.8 Å². The summed E-state index contributed by atoms with van der Waals surface area (Å²) in [6, 6.07) is 13.3. The number of pyridine rings is 1. The van der Waals surface area contributed by atoms with Crippen LogP contribution in [0.25, 0.3) is 11.0 Å². The number of aromatic amines is 1. The first kappa shape index (κ1) is 19.7. The lowest BCUT2D eigenvalue weighted by Gasteiger charge is -2.27. The van der Waals surface area contributed by atoms with Crippen molar-refractivity contribution in [3.05, 3.63) is 65.5 Å². The second-order valence-electron chi connectivity index (χ2n) is 6.82. The summed E-state index contributed by atoms with van der Waals surface area (Å²) in [6.07, 6.45) is 8.13. The van der Waals surface area contributed by atoms with Crippen molar-refractivity contribution in [3.8, 4) is 0 Å². The van der Waals surface area contributed by atoms with E-state index in [1.54, 1.807) is 0 Å². The third kappa shape index (κ3) is 4.61. The van der Waals surface area contributed by atoms with E-state index in [1.165, 1.54) is 22.1 Å². The van der Waals surface area contributed by atoms with Crippen LogP contribution in [0.3, 0.4) is 0 Å². The van der Waals surface area contributed by atoms with Gasteiger partial charge in [0.25, 0.3) is 0 Å². The third-order valence-corrected chi connectivity index (χ3v) is 5.13. The lowest BCUT2D eigenvalue weighted by atomic mass is 9.88. The molecule has 1 aromatic carbocycles. The van der Waals surface area contributed by atoms with Crippen LogP contribution in [0.5, 0.6) is 0 Å². The molecule has 1 aliphatic rings. The fraction of sp³-hybridized carbons (Fsp3) is 0.333. The van der Waals surface area contributed by atoms with Crippen LogP contribution < -0.4 is 10.6 Å². The summed E-state index contributed by atoms with van der Waals surface area (Å²) in [6.45, 7) is 0.838. The molecule has 0 saturated carbocycles. The van der Waals surface area contributed by atoms with Crippen LogP contribution in [0.1, 0.15) is 23.1 Å². The van der Waals surface area contributed by atoms with Crippen LogP contribution in [0.2, 0.25) is 0 Å². The van der Waals surface area contributed by atoms with Gasteiger partial charge in [-0.25, -0.2) is 4.98 Å². The molecule has 1 unspecified atom stereocenters. The molecule has 2 aromatic heterocycles. The second-order valence-corrected chi connectivity index (χ2v) is 6.82. The van der Waals surface area contributed by atoms with Crippen LogP contribution in [-0.4, -0.2) is 35.6 Å². The molecule has 0 aliphatic heterocycles. The molecule has 0 bridgehead atoms. The third-order valence-electron chi connectivity index (χ3n) is 5.13. The molecule has 27 heavy (non-hydrogen) atoms. The fourth-order valence-corrected chi connectivity index (χ4v) is 3.74. The number of hydrogen-bond acceptors (Lipinski definition) is 2. The zero-order valence-electron chi connectivity index (χ0n) is 15.5. The number of aryl methyl sites for hydroxylation is 1. The molecule has 0 amide bonds. The number of H-pyrrole nitrogens is 1. The first-order valence-electron chi connectivity index (χ1n) is 9.28. The Bertz CT molecular complexity index is 918. The predicted molar refractivity (Wildman–Crippen MR) is 122 cm³/mol. The number of aromatic nitrogens is 2. The molecule has 0 radical (unpaired) electrons. The highest BCUT2D eigenvalue weighted by Gasteiger charge is 2.18. The van der Waals surface area contributed by atoms with Crippen molar-refractivity contribution < 1.29 is 0 Å². The maximum atomic E-state index is 4.39. The maximum Gasteiger partial charge on any atom is 0.191 e. The molecular formula is C21H26IN5. The SMILES string of the molecule is CN=C(NCCc1c[nH]c2ncccc12)NC1CCc2ccccc2C1.I. The van der Waals surface area contributed by atoms with E-state index in [1.807, 2.05) is 25.5 Å². The van der Waals surface area contributed by atoms with Gasteiger partial charge in [0.05, 0.1) is 0 Å². The molecule has 0 saturated heterocycles. The standard InChI is InChI=1S/C21H25N5.HI/c1-22-21(26-18-9-8-15-5-2-3-6-16(15)13-18)24-12-10-17-14-25-20-19(17)7-4-11-23-20;/h2-7,11,14,18H,8-10,12-13H2,1H3,(H,23,25)(H2,22,24,26);1H. The molecule has 4 rings (SSSR count). The van der Waals surface area contributed by atoms with Crippen molar-refractivity contribution in [2.24, 2.45) is 4.99 Å². The maximum absolute atomic E-state index is 4.39. The monoisotopic (exact) mass is 475 g/mol. The quantitative estimate of drug-likeness (QED) is 0.308. The average molecular weight is 475 g/mol. The van der Waals surface area contributed by atoms with Crippen molar-refractivity contribution in [1.29, 1.82) is 0 Å². The highest BCUT2D eigenvalue weighted by atomic mass is 127. The lowest BCUT2D eigenvalue weighted by molar-refractivity contribution is 0.521. The minimum Gasteiger partial charge on any atom is -0.356 e. The summed E-state index contributed by atoms with van der Waals surface area (Å²) in [5.41, 5.74) is 5.17. The molecule has 3 N–H and O–H groups in total. The first-order valence-corrected chi connectivity index (χ1v) is 9.28. The van der Waals surface area contributed by atoms with Crippen molar-refractivity contribution in [2.75, 3.05) is 13.6 Å². The number of fused-ring (bicyclic) bond motifs is 2. The number of nitrogens with one attached hydrogen (secondary N) is 3. The van der Waals surface area contributed by atoms with Gasteiger partial charge < -0.3 is 15.6 Å². The number of aliphatic imine (C=N–C) groups is 1. The number of nitrogens with zero attached hydrogens (tertiary/aromatic N) is 2. The molecule has 0 spiro atoms. The molecule has 6 heteroatoms. The van der Waals surface area contributed by atoms with E-state index in [-0.39, 0.29) is 24.0 Å². The van der Waals surface area contributed by atoms with Gasteiger partial charge in [-0.15, -0.1) is 24.0 Å². The minimum atomic E-state index is 0. The topological polar surface area (TPSA) is 65.1 Å². The molecule has 0 fully saturated rings. The van der Waals surface area contributed by atoms with E-state index in [4.69, 9.17) is 0 Å². The number of halogens is 1. The smallest absolute Gasteiger partial charge is 0.191 e. The molecular weight excluding hydrogens is 449 g/mol. The van der Waals surface area contributed by atoms with Gasteiger partial charge in [-0.2, -0.15) is 0 Å². The zero-order valence-corrected chi connectivity index (χ0v) is 17.9. The summed E-state index contributed by atoms with van der Waals surface area (Å²) in [5, 5.41) is 8.23. The zero-order chi connectivity index (χ0) is 17.8. The van der Waals surface area contributed by atoms with Gasteiger partial charge in [0.2, 0.25) is 0 Å². The fourth-order valence-electron chi connectivity index (χ4n) is 3.74. The van der Waals surface area contributed by atoms with Gasteiger partial charge in [0.1, 0.15) is 5.65 Å². The van der Waals surface area contributed by atoms with E-state index in [0.717, 1.165) is 43.8 Å². The van der Waals surface area contributed by atoms with Crippen molar-refractivity contribution in [3.63, 3.8) is 0 Å². The summed E-state index contributed by atoms with van der Waals surface area (Å²) in [5.74, 6) is 0.882. The average Bonchev–Trinajstić information content (AvgIpc) is 3.10. The van der Waals surface area contributed by atoms with E-state index in [9.17, 15) is 0 Å². The van der Waals surface area contributed by atoms with Gasteiger partial charge in [-0.3, -0.25) is 4.99 Å². The van der Waals surface area contributed by atoms with Crippen molar-refractivity contribution in [2.45, 2.75) is 31.7 Å². The van der Waals surface area contributed by atoms with Gasteiger partial charge in [-0.05, 0) is 54.5 Å². The number of benzene rings is 1. The predicted octanol–water partition coefficient (Wildman–Crippen LogP) is 3.45. The van der Waals surface area contributed by atoms with E-state index < -0.39 is 0 Å². The van der Waals surface area contributed by atoms with Crippen LogP contribution >= 0.6 is 24.0 Å². The van der Waals surface area contributed by atoms with Crippen molar-refractivity contribution in [1.82, 2.24) is 20.6 Å². The Hall–Kier alpha value is -2.09. The normalized spacial score (nSPS) is 16.5. The van der Waals surface area contributed by atoms with E-state index in [2.05, 4.69) is 55.9 Å². The molecule has 142 valence electrons. The van der Waals surface area contributed by atoms with Crippen LogP contribution in [0.4, 0.5) is 0 Å². The van der Waals surface area contributed by atoms with E-state index >= 15 is 0 Å². The Labute approximate surface area is 177 Å². The van der Waals surface area contributed by atoms with Crippen LogP contribution in [0, 0.1) is 0 Å². The Morgan fingerprint density at radius 1 is 1.22 bits per heavy atom. The highest BCUT2D eigenvalue weighted by molar-refractivity contribution is 14.0. The minimum absolute atomic E-state index is 0.